The van der Waals surface area contributed by atoms with Crippen molar-refractivity contribution in [2.24, 2.45) is 0 Å². The van der Waals surface area contributed by atoms with E-state index in [1.807, 2.05) is 11.5 Å². The maximum Gasteiger partial charge on any atom is 0.350 e. The van der Waals surface area contributed by atoms with Crippen LogP contribution in [0.25, 0.3) is 15.8 Å². The zero-order chi connectivity index (χ0) is 24.6. The number of methoxy groups -OCH3 is 1. The Bertz CT molecular complexity index is 1440. The van der Waals surface area contributed by atoms with Gasteiger partial charge in [0.05, 0.1) is 17.7 Å². The lowest BCUT2D eigenvalue weighted by atomic mass is 10.1. The SMILES string of the molecule is COC(=O)c1ccc(-n2c(C)cc(C(=O)COC(=O)c3sc4cc(F)ccc4c3Cl)c2C)cc1. The average Bonchev–Trinajstić information content (AvgIpc) is 3.31. The maximum atomic E-state index is 13.5. The first-order valence-electron chi connectivity index (χ1n) is 10.2. The number of aryl methyl sites for hydroxylation is 1. The molecule has 0 saturated heterocycles. The summed E-state index contributed by atoms with van der Waals surface area (Å²) in [4.78, 5) is 37.2. The number of benzene rings is 2. The molecular weight excluding hydrogens is 481 g/mol. The molecular formula is C25H19ClFNO5S. The van der Waals surface area contributed by atoms with Gasteiger partial charge in [-0.2, -0.15) is 0 Å². The van der Waals surface area contributed by atoms with E-state index in [2.05, 4.69) is 0 Å². The number of hydrogen-bond donors (Lipinski definition) is 0. The second-order valence-electron chi connectivity index (χ2n) is 7.54. The molecule has 0 aliphatic rings. The summed E-state index contributed by atoms with van der Waals surface area (Å²) in [7, 11) is 1.32. The van der Waals surface area contributed by atoms with Crippen LogP contribution in [0.1, 0.15) is 41.8 Å². The van der Waals surface area contributed by atoms with Gasteiger partial charge in [-0.25, -0.2) is 14.0 Å². The smallest absolute Gasteiger partial charge is 0.350 e. The van der Waals surface area contributed by atoms with Crippen LogP contribution in [0.4, 0.5) is 4.39 Å². The molecule has 2 aromatic carbocycles. The Morgan fingerprint density at radius 2 is 1.74 bits per heavy atom. The molecule has 0 radical (unpaired) electrons. The summed E-state index contributed by atoms with van der Waals surface area (Å²) >= 11 is 7.27. The lowest BCUT2D eigenvalue weighted by Crippen LogP contribution is -2.14. The monoisotopic (exact) mass is 499 g/mol. The van der Waals surface area contributed by atoms with Crippen LogP contribution in [0, 0.1) is 19.7 Å². The normalized spacial score (nSPS) is 11.0. The fraction of sp³-hybridized carbons (Fsp3) is 0.160. The van der Waals surface area contributed by atoms with E-state index in [1.165, 1.54) is 25.3 Å². The number of halogens is 2. The van der Waals surface area contributed by atoms with Gasteiger partial charge in [0.2, 0.25) is 5.78 Å². The van der Waals surface area contributed by atoms with Crippen molar-refractivity contribution in [2.45, 2.75) is 13.8 Å². The van der Waals surface area contributed by atoms with Crippen LogP contribution in [0.5, 0.6) is 0 Å². The van der Waals surface area contributed by atoms with Crippen molar-refractivity contribution in [3.05, 3.63) is 86.8 Å². The second kappa shape index (κ2) is 9.40. The van der Waals surface area contributed by atoms with Gasteiger partial charge in [0.1, 0.15) is 10.7 Å². The fourth-order valence-corrected chi connectivity index (χ4v) is 5.18. The summed E-state index contributed by atoms with van der Waals surface area (Å²) in [6, 6.07) is 12.6. The first-order valence-corrected chi connectivity index (χ1v) is 11.4. The van der Waals surface area contributed by atoms with Gasteiger partial charge in [0.25, 0.3) is 0 Å². The number of hydrogen-bond acceptors (Lipinski definition) is 6. The first-order chi connectivity index (χ1) is 16.2. The number of nitrogens with zero attached hydrogens (tertiary/aromatic N) is 1. The fourth-order valence-electron chi connectivity index (χ4n) is 3.75. The van der Waals surface area contributed by atoms with Crippen LogP contribution >= 0.6 is 22.9 Å². The van der Waals surface area contributed by atoms with Gasteiger partial charge < -0.3 is 14.0 Å². The van der Waals surface area contributed by atoms with Crippen molar-refractivity contribution in [2.75, 3.05) is 13.7 Å². The molecule has 34 heavy (non-hydrogen) atoms. The standard InChI is InChI=1S/C25H19ClFNO5S/c1-13-10-19(14(2)28(13)17-7-4-15(5-8-17)24(30)32-3)20(29)12-33-25(31)23-22(26)18-9-6-16(27)11-21(18)34-23/h4-11H,12H2,1-3H3. The highest BCUT2D eigenvalue weighted by Crippen LogP contribution is 2.36. The molecule has 4 aromatic rings. The Balaban J connectivity index is 1.51. The van der Waals surface area contributed by atoms with Gasteiger partial charge in [0.15, 0.2) is 6.61 Å². The van der Waals surface area contributed by atoms with Gasteiger partial charge in [-0.05, 0) is 62.4 Å². The van der Waals surface area contributed by atoms with Crippen LogP contribution in [0.15, 0.2) is 48.5 Å². The predicted octanol–water partition coefficient (Wildman–Crippen LogP) is 5.93. The molecule has 174 valence electrons. The summed E-state index contributed by atoms with van der Waals surface area (Å²) in [5.41, 5.74) is 3.06. The van der Waals surface area contributed by atoms with Crippen molar-refractivity contribution in [1.29, 1.82) is 0 Å². The van der Waals surface area contributed by atoms with Crippen molar-refractivity contribution in [3.63, 3.8) is 0 Å². The van der Waals surface area contributed by atoms with E-state index in [0.717, 1.165) is 22.7 Å². The number of aromatic nitrogens is 1. The van der Waals surface area contributed by atoms with Gasteiger partial charge in [-0.1, -0.05) is 11.6 Å². The Labute approximate surface area is 203 Å². The van der Waals surface area contributed by atoms with E-state index >= 15 is 0 Å². The molecule has 2 aromatic heterocycles. The van der Waals surface area contributed by atoms with E-state index in [1.54, 1.807) is 37.3 Å². The minimum atomic E-state index is -0.743. The third-order valence-corrected chi connectivity index (χ3v) is 7.03. The number of Topliss-reactive ketones (excluding diaryl/α,β-unsaturated/α-hetero) is 1. The highest BCUT2D eigenvalue weighted by molar-refractivity contribution is 7.21. The molecule has 2 heterocycles. The largest absolute Gasteiger partial charge is 0.465 e. The van der Waals surface area contributed by atoms with Crippen LogP contribution in [0.3, 0.4) is 0 Å². The van der Waals surface area contributed by atoms with Crippen LogP contribution in [0.2, 0.25) is 5.02 Å². The van der Waals surface area contributed by atoms with Gasteiger partial charge in [-0.15, -0.1) is 11.3 Å². The average molecular weight is 500 g/mol. The third kappa shape index (κ3) is 4.34. The second-order valence-corrected chi connectivity index (χ2v) is 8.97. The van der Waals surface area contributed by atoms with E-state index in [4.69, 9.17) is 21.1 Å². The van der Waals surface area contributed by atoms with Gasteiger partial charge in [0, 0.05) is 32.7 Å². The zero-order valence-electron chi connectivity index (χ0n) is 18.5. The lowest BCUT2D eigenvalue weighted by molar-refractivity contribution is 0.0479. The van der Waals surface area contributed by atoms with Crippen molar-refractivity contribution in [3.8, 4) is 5.69 Å². The molecule has 4 rings (SSSR count). The Kier molecular flexibility index (Phi) is 6.54. The zero-order valence-corrected chi connectivity index (χ0v) is 20.1. The number of ketones is 1. The first kappa shape index (κ1) is 23.7. The summed E-state index contributed by atoms with van der Waals surface area (Å²) in [5, 5.41) is 0.721. The third-order valence-electron chi connectivity index (χ3n) is 5.39. The number of carbonyl (C=O) groups is 3. The molecule has 0 fully saturated rings. The summed E-state index contributed by atoms with van der Waals surface area (Å²) in [6.07, 6.45) is 0. The number of rotatable bonds is 6. The number of carbonyl (C=O) groups excluding carboxylic acids is 3. The molecule has 0 atom stereocenters. The number of esters is 2. The molecule has 9 heteroatoms. The molecule has 0 aliphatic carbocycles. The quantitative estimate of drug-likeness (QED) is 0.243. The van der Waals surface area contributed by atoms with E-state index < -0.39 is 24.4 Å². The van der Waals surface area contributed by atoms with Crippen molar-refractivity contribution < 1.29 is 28.2 Å². The molecule has 0 unspecified atom stereocenters. The molecule has 0 amide bonds. The maximum absolute atomic E-state index is 13.5. The van der Waals surface area contributed by atoms with Gasteiger partial charge in [-0.3, -0.25) is 4.79 Å². The molecule has 0 N–H and O–H groups in total. The molecule has 0 saturated carbocycles. The summed E-state index contributed by atoms with van der Waals surface area (Å²) < 4.78 is 25.8. The topological polar surface area (TPSA) is 74.6 Å². The highest BCUT2D eigenvalue weighted by atomic mass is 35.5. The van der Waals surface area contributed by atoms with E-state index in [-0.39, 0.29) is 15.7 Å². The highest BCUT2D eigenvalue weighted by Gasteiger charge is 2.22. The Hall–Kier alpha value is -3.49. The minimum absolute atomic E-state index is 0.117. The summed E-state index contributed by atoms with van der Waals surface area (Å²) in [5.74, 6) is -1.99. The number of fused-ring (bicyclic) bond motifs is 1. The molecule has 6 nitrogen and oxygen atoms in total. The lowest BCUT2D eigenvalue weighted by Gasteiger charge is -2.10. The minimum Gasteiger partial charge on any atom is -0.465 e. The Morgan fingerprint density at radius 1 is 1.03 bits per heavy atom. The summed E-state index contributed by atoms with van der Waals surface area (Å²) in [6.45, 7) is 3.16. The van der Waals surface area contributed by atoms with Crippen LogP contribution < -0.4 is 0 Å². The van der Waals surface area contributed by atoms with Crippen molar-refractivity contribution in [1.82, 2.24) is 4.57 Å². The van der Waals surface area contributed by atoms with E-state index in [9.17, 15) is 18.8 Å². The van der Waals surface area contributed by atoms with Crippen LogP contribution in [-0.2, 0) is 9.47 Å². The van der Waals surface area contributed by atoms with Gasteiger partial charge >= 0.3 is 11.9 Å². The Morgan fingerprint density at radius 3 is 2.41 bits per heavy atom. The number of ether oxygens (including phenoxy) is 2. The molecule has 0 bridgehead atoms. The van der Waals surface area contributed by atoms with Crippen molar-refractivity contribution >= 4 is 50.7 Å². The number of thiophene rings is 1. The molecule has 0 aliphatic heterocycles. The predicted molar refractivity (Wildman–Crippen MR) is 128 cm³/mol. The molecule has 0 spiro atoms. The van der Waals surface area contributed by atoms with E-state index in [0.29, 0.717) is 26.9 Å². The van der Waals surface area contributed by atoms with Crippen LogP contribution in [-0.4, -0.2) is 36.0 Å².